The van der Waals surface area contributed by atoms with E-state index in [4.69, 9.17) is 11.6 Å². The largest absolute Gasteiger partial charge is 0.291 e. The van der Waals surface area contributed by atoms with Gasteiger partial charge in [-0.2, -0.15) is 0 Å². The van der Waals surface area contributed by atoms with Crippen LogP contribution < -0.4 is 0 Å². The zero-order valence-electron chi connectivity index (χ0n) is 10.3. The molecule has 1 aliphatic rings. The highest BCUT2D eigenvalue weighted by Crippen LogP contribution is 2.37. The molecule has 0 saturated carbocycles. The maximum atomic E-state index is 6.07. The molecular weight excluding hydrogens is 218 g/mol. The van der Waals surface area contributed by atoms with Gasteiger partial charge in [0.1, 0.15) is 0 Å². The summed E-state index contributed by atoms with van der Waals surface area (Å²) in [6, 6.07) is 8.84. The van der Waals surface area contributed by atoms with Crippen LogP contribution in [0.2, 0.25) is 5.02 Å². The molecular formula is C14H20ClN. The van der Waals surface area contributed by atoms with Gasteiger partial charge in [-0.1, -0.05) is 23.7 Å². The van der Waals surface area contributed by atoms with Gasteiger partial charge in [-0.05, 0) is 57.9 Å². The Kier molecular flexibility index (Phi) is 3.27. The van der Waals surface area contributed by atoms with Crippen molar-refractivity contribution >= 4 is 11.6 Å². The summed E-state index contributed by atoms with van der Waals surface area (Å²) >= 11 is 6.07. The average molecular weight is 238 g/mol. The van der Waals surface area contributed by atoms with Crippen molar-refractivity contribution in [2.24, 2.45) is 0 Å². The highest BCUT2D eigenvalue weighted by atomic mass is 35.5. The molecule has 1 atom stereocenters. The Morgan fingerprint density at radius 2 is 2.06 bits per heavy atom. The van der Waals surface area contributed by atoms with Gasteiger partial charge in [0, 0.05) is 16.6 Å². The van der Waals surface area contributed by atoms with E-state index in [9.17, 15) is 0 Å². The predicted molar refractivity (Wildman–Crippen MR) is 69.9 cm³/mol. The lowest BCUT2D eigenvalue weighted by molar-refractivity contribution is 0.121. The molecule has 0 bridgehead atoms. The third-order valence-electron chi connectivity index (χ3n) is 3.35. The molecule has 1 fully saturated rings. The number of halogens is 1. The maximum absolute atomic E-state index is 6.07. The molecule has 1 saturated heterocycles. The molecule has 88 valence electrons. The molecule has 1 nitrogen and oxygen atoms in total. The third-order valence-corrected chi connectivity index (χ3v) is 3.58. The Morgan fingerprint density at radius 1 is 1.31 bits per heavy atom. The van der Waals surface area contributed by atoms with E-state index in [1.54, 1.807) is 0 Å². The summed E-state index contributed by atoms with van der Waals surface area (Å²) in [4.78, 5) is 2.58. The minimum Gasteiger partial charge on any atom is -0.291 e. The Bertz CT molecular complexity index is 367. The normalized spacial score (nSPS) is 22.6. The van der Waals surface area contributed by atoms with E-state index in [0.29, 0.717) is 6.04 Å². The summed E-state index contributed by atoms with van der Waals surface area (Å²) in [5.74, 6) is 0. The third kappa shape index (κ3) is 2.41. The topological polar surface area (TPSA) is 3.24 Å². The fourth-order valence-electron chi connectivity index (χ4n) is 2.63. The van der Waals surface area contributed by atoms with E-state index in [1.165, 1.54) is 24.9 Å². The Balaban J connectivity index is 2.27. The first-order valence-corrected chi connectivity index (χ1v) is 6.38. The Labute approximate surface area is 103 Å². The second-order valence-electron chi connectivity index (χ2n) is 5.58. The molecule has 16 heavy (non-hydrogen) atoms. The van der Waals surface area contributed by atoms with Crippen LogP contribution in [0.15, 0.2) is 24.3 Å². The predicted octanol–water partition coefficient (Wildman–Crippen LogP) is 4.28. The number of nitrogens with zero attached hydrogens (tertiary/aromatic N) is 1. The molecule has 1 aromatic carbocycles. The van der Waals surface area contributed by atoms with Crippen molar-refractivity contribution in [1.29, 1.82) is 0 Å². The zero-order chi connectivity index (χ0) is 11.8. The van der Waals surface area contributed by atoms with Crippen molar-refractivity contribution in [2.45, 2.75) is 45.2 Å². The first-order valence-electron chi connectivity index (χ1n) is 6.01. The summed E-state index contributed by atoms with van der Waals surface area (Å²) in [5.41, 5.74) is 1.60. The van der Waals surface area contributed by atoms with Crippen molar-refractivity contribution < 1.29 is 0 Å². The van der Waals surface area contributed by atoms with Gasteiger partial charge in [0.15, 0.2) is 0 Å². The second-order valence-corrected chi connectivity index (χ2v) is 6.01. The van der Waals surface area contributed by atoms with Crippen LogP contribution in [0.4, 0.5) is 0 Å². The zero-order valence-corrected chi connectivity index (χ0v) is 11.1. The molecule has 1 aromatic rings. The van der Waals surface area contributed by atoms with Crippen LogP contribution >= 0.6 is 11.6 Å². The SMILES string of the molecule is CC(C)(C)N1CCCC1c1cccc(Cl)c1. The lowest BCUT2D eigenvalue weighted by Gasteiger charge is -2.37. The van der Waals surface area contributed by atoms with Crippen molar-refractivity contribution in [1.82, 2.24) is 4.90 Å². The molecule has 0 aliphatic carbocycles. The van der Waals surface area contributed by atoms with E-state index >= 15 is 0 Å². The number of hydrogen-bond acceptors (Lipinski definition) is 1. The van der Waals surface area contributed by atoms with Crippen molar-refractivity contribution in [2.75, 3.05) is 6.54 Å². The summed E-state index contributed by atoms with van der Waals surface area (Å²) in [6.07, 6.45) is 2.53. The van der Waals surface area contributed by atoms with Gasteiger partial charge >= 0.3 is 0 Å². The minimum atomic E-state index is 0.240. The van der Waals surface area contributed by atoms with Gasteiger partial charge in [-0.25, -0.2) is 0 Å². The molecule has 1 heterocycles. The fraction of sp³-hybridized carbons (Fsp3) is 0.571. The van der Waals surface area contributed by atoms with E-state index in [-0.39, 0.29) is 5.54 Å². The van der Waals surface area contributed by atoms with E-state index < -0.39 is 0 Å². The van der Waals surface area contributed by atoms with Crippen molar-refractivity contribution in [3.63, 3.8) is 0 Å². The lowest BCUT2D eigenvalue weighted by Crippen LogP contribution is -2.40. The number of rotatable bonds is 1. The van der Waals surface area contributed by atoms with Crippen molar-refractivity contribution in [3.8, 4) is 0 Å². The molecule has 2 rings (SSSR count). The standard InChI is InChI=1S/C14H20ClN/c1-14(2,3)16-9-5-8-13(16)11-6-4-7-12(15)10-11/h4,6-7,10,13H,5,8-9H2,1-3H3. The summed E-state index contributed by atoms with van der Waals surface area (Å²) < 4.78 is 0. The van der Waals surface area contributed by atoms with Crippen LogP contribution in [0.5, 0.6) is 0 Å². The number of benzene rings is 1. The molecule has 0 amide bonds. The maximum Gasteiger partial charge on any atom is 0.0409 e. The Morgan fingerprint density at radius 3 is 2.69 bits per heavy atom. The highest BCUT2D eigenvalue weighted by molar-refractivity contribution is 6.30. The van der Waals surface area contributed by atoms with Gasteiger partial charge in [0.25, 0.3) is 0 Å². The van der Waals surface area contributed by atoms with Gasteiger partial charge in [-0.3, -0.25) is 4.90 Å². The Hall–Kier alpha value is -0.530. The van der Waals surface area contributed by atoms with Crippen LogP contribution in [-0.2, 0) is 0 Å². The molecule has 0 radical (unpaired) electrons. The molecule has 2 heteroatoms. The van der Waals surface area contributed by atoms with Gasteiger partial charge in [-0.15, -0.1) is 0 Å². The number of hydrogen-bond donors (Lipinski definition) is 0. The van der Waals surface area contributed by atoms with Gasteiger partial charge in [0.2, 0.25) is 0 Å². The van der Waals surface area contributed by atoms with Crippen LogP contribution in [0.3, 0.4) is 0 Å². The van der Waals surface area contributed by atoms with Crippen LogP contribution in [0.1, 0.15) is 45.2 Å². The molecule has 1 aliphatic heterocycles. The van der Waals surface area contributed by atoms with E-state index in [0.717, 1.165) is 5.02 Å². The molecule has 1 unspecified atom stereocenters. The first-order chi connectivity index (χ1) is 7.48. The van der Waals surface area contributed by atoms with Gasteiger partial charge in [0.05, 0.1) is 0 Å². The molecule has 0 spiro atoms. The van der Waals surface area contributed by atoms with E-state index in [1.807, 2.05) is 6.07 Å². The quantitative estimate of drug-likeness (QED) is 0.705. The van der Waals surface area contributed by atoms with Gasteiger partial charge < -0.3 is 0 Å². The summed E-state index contributed by atoms with van der Waals surface area (Å²) in [5, 5.41) is 0.846. The molecule has 0 aromatic heterocycles. The average Bonchev–Trinajstić information content (AvgIpc) is 2.65. The van der Waals surface area contributed by atoms with Crippen LogP contribution in [-0.4, -0.2) is 17.0 Å². The number of likely N-dealkylation sites (tertiary alicyclic amines) is 1. The van der Waals surface area contributed by atoms with E-state index in [2.05, 4.69) is 43.9 Å². The van der Waals surface area contributed by atoms with Crippen LogP contribution in [0, 0.1) is 0 Å². The minimum absolute atomic E-state index is 0.240. The monoisotopic (exact) mass is 237 g/mol. The second kappa shape index (κ2) is 4.38. The van der Waals surface area contributed by atoms with Crippen molar-refractivity contribution in [3.05, 3.63) is 34.9 Å². The van der Waals surface area contributed by atoms with Crippen LogP contribution in [0.25, 0.3) is 0 Å². The summed E-state index contributed by atoms with van der Waals surface area (Å²) in [7, 11) is 0. The summed E-state index contributed by atoms with van der Waals surface area (Å²) in [6.45, 7) is 8.06. The highest BCUT2D eigenvalue weighted by Gasteiger charge is 2.33. The lowest BCUT2D eigenvalue weighted by atomic mass is 9.99. The first kappa shape index (κ1) is 11.9. The smallest absolute Gasteiger partial charge is 0.0409 e. The molecule has 0 N–H and O–H groups in total. The fourth-order valence-corrected chi connectivity index (χ4v) is 2.83.